The molecule has 1 N–H and O–H groups in total. The SMILES string of the molecule is CN=C(NCCCN1CCCN(C)CC1)N(C)CC1CCOC1.I. The highest BCUT2D eigenvalue weighted by Gasteiger charge is 2.19. The van der Waals surface area contributed by atoms with Gasteiger partial charge in [-0.15, -0.1) is 24.0 Å². The molecule has 24 heavy (non-hydrogen) atoms. The molecule has 2 heterocycles. The fourth-order valence-electron chi connectivity index (χ4n) is 3.41. The van der Waals surface area contributed by atoms with Crippen LogP contribution in [0.2, 0.25) is 0 Å². The number of likely N-dealkylation sites (N-methyl/N-ethyl adjacent to an activating group) is 1. The quantitative estimate of drug-likeness (QED) is 0.283. The summed E-state index contributed by atoms with van der Waals surface area (Å²) in [7, 11) is 6.22. The molecule has 2 fully saturated rings. The lowest BCUT2D eigenvalue weighted by atomic mass is 10.1. The van der Waals surface area contributed by atoms with Crippen molar-refractivity contribution in [2.24, 2.45) is 10.9 Å². The number of nitrogens with one attached hydrogen (secondary N) is 1. The van der Waals surface area contributed by atoms with Gasteiger partial charge in [-0.25, -0.2) is 0 Å². The lowest BCUT2D eigenvalue weighted by Gasteiger charge is -2.25. The first kappa shape index (κ1) is 21.9. The lowest BCUT2D eigenvalue weighted by molar-refractivity contribution is 0.181. The van der Waals surface area contributed by atoms with E-state index in [4.69, 9.17) is 4.74 Å². The average molecular weight is 453 g/mol. The highest BCUT2D eigenvalue weighted by atomic mass is 127. The van der Waals surface area contributed by atoms with E-state index in [1.807, 2.05) is 7.05 Å². The molecule has 1 atom stereocenters. The zero-order valence-electron chi connectivity index (χ0n) is 15.7. The molecule has 1 unspecified atom stereocenters. The van der Waals surface area contributed by atoms with Crippen LogP contribution in [-0.2, 0) is 4.74 Å². The second kappa shape index (κ2) is 12.3. The summed E-state index contributed by atoms with van der Waals surface area (Å²) < 4.78 is 5.46. The average Bonchev–Trinajstić information content (AvgIpc) is 2.96. The third kappa shape index (κ3) is 7.84. The van der Waals surface area contributed by atoms with Crippen LogP contribution in [0.15, 0.2) is 4.99 Å². The van der Waals surface area contributed by atoms with Crippen LogP contribution in [0.25, 0.3) is 0 Å². The van der Waals surface area contributed by atoms with Crippen LogP contribution in [0.3, 0.4) is 0 Å². The standard InChI is InChI=1S/C17H35N5O.HI/c1-18-17(21(3)14-16-6-13-23-15-16)19-7-4-9-22-10-5-8-20(2)11-12-22;/h16H,4-15H2,1-3H3,(H,18,19);1H. The first-order chi connectivity index (χ1) is 11.2. The molecule has 2 aliphatic rings. The molecule has 0 spiro atoms. The molecular weight excluding hydrogens is 417 g/mol. The maximum atomic E-state index is 5.46. The molecule has 142 valence electrons. The molecule has 0 saturated carbocycles. The van der Waals surface area contributed by atoms with Crippen molar-refractivity contribution in [3.63, 3.8) is 0 Å². The van der Waals surface area contributed by atoms with Gasteiger partial charge in [-0.2, -0.15) is 0 Å². The van der Waals surface area contributed by atoms with Gasteiger partial charge in [0.15, 0.2) is 5.96 Å². The van der Waals surface area contributed by atoms with Gasteiger partial charge in [0.1, 0.15) is 0 Å². The van der Waals surface area contributed by atoms with E-state index < -0.39 is 0 Å². The van der Waals surface area contributed by atoms with Crippen molar-refractivity contribution in [2.75, 3.05) is 80.2 Å². The van der Waals surface area contributed by atoms with Crippen molar-refractivity contribution < 1.29 is 4.74 Å². The topological polar surface area (TPSA) is 43.3 Å². The van der Waals surface area contributed by atoms with Crippen LogP contribution in [0, 0.1) is 5.92 Å². The zero-order chi connectivity index (χ0) is 16.5. The Bertz CT molecular complexity index is 363. The lowest BCUT2D eigenvalue weighted by Crippen LogP contribution is -2.42. The summed E-state index contributed by atoms with van der Waals surface area (Å²) >= 11 is 0. The second-order valence-corrected chi connectivity index (χ2v) is 6.94. The van der Waals surface area contributed by atoms with E-state index >= 15 is 0 Å². The van der Waals surface area contributed by atoms with E-state index in [9.17, 15) is 0 Å². The molecule has 0 aromatic rings. The number of hydrogen-bond acceptors (Lipinski definition) is 4. The Morgan fingerprint density at radius 2 is 2.12 bits per heavy atom. The fraction of sp³-hybridized carbons (Fsp3) is 0.941. The van der Waals surface area contributed by atoms with Crippen molar-refractivity contribution in [1.29, 1.82) is 0 Å². The minimum Gasteiger partial charge on any atom is -0.381 e. The van der Waals surface area contributed by atoms with Crippen LogP contribution < -0.4 is 5.32 Å². The Labute approximate surface area is 165 Å². The first-order valence-electron chi connectivity index (χ1n) is 9.09. The third-order valence-corrected chi connectivity index (χ3v) is 4.88. The van der Waals surface area contributed by atoms with E-state index in [-0.39, 0.29) is 24.0 Å². The molecule has 0 radical (unpaired) electrons. The van der Waals surface area contributed by atoms with Gasteiger partial charge >= 0.3 is 0 Å². The molecule has 7 heteroatoms. The van der Waals surface area contributed by atoms with E-state index in [0.29, 0.717) is 5.92 Å². The van der Waals surface area contributed by atoms with Gasteiger partial charge in [0, 0.05) is 52.8 Å². The van der Waals surface area contributed by atoms with Gasteiger partial charge in [0.25, 0.3) is 0 Å². The normalized spacial score (nSPS) is 23.6. The van der Waals surface area contributed by atoms with Crippen LogP contribution in [0.1, 0.15) is 19.3 Å². The van der Waals surface area contributed by atoms with Gasteiger partial charge < -0.3 is 24.8 Å². The van der Waals surface area contributed by atoms with Gasteiger partial charge in [-0.05, 0) is 45.9 Å². The van der Waals surface area contributed by atoms with Gasteiger partial charge in [0.2, 0.25) is 0 Å². The summed E-state index contributed by atoms with van der Waals surface area (Å²) in [5.74, 6) is 1.65. The van der Waals surface area contributed by atoms with E-state index in [1.165, 1.54) is 52.0 Å². The van der Waals surface area contributed by atoms with Crippen molar-refractivity contribution in [2.45, 2.75) is 19.3 Å². The first-order valence-corrected chi connectivity index (χ1v) is 9.09. The van der Waals surface area contributed by atoms with Gasteiger partial charge in [-0.3, -0.25) is 4.99 Å². The number of guanidine groups is 1. The molecule has 2 aliphatic heterocycles. The minimum absolute atomic E-state index is 0. The zero-order valence-corrected chi connectivity index (χ0v) is 18.0. The molecule has 6 nitrogen and oxygen atoms in total. The van der Waals surface area contributed by atoms with Crippen molar-refractivity contribution in [1.82, 2.24) is 20.0 Å². The Morgan fingerprint density at radius 3 is 2.83 bits per heavy atom. The van der Waals surface area contributed by atoms with E-state index in [0.717, 1.165) is 32.3 Å². The number of hydrogen-bond donors (Lipinski definition) is 1. The Morgan fingerprint density at radius 1 is 1.29 bits per heavy atom. The summed E-state index contributed by atoms with van der Waals surface area (Å²) in [4.78, 5) is 11.7. The van der Waals surface area contributed by atoms with Crippen LogP contribution in [0.5, 0.6) is 0 Å². The van der Waals surface area contributed by atoms with Crippen molar-refractivity contribution in [3.05, 3.63) is 0 Å². The Kier molecular flexibility index (Phi) is 11.2. The second-order valence-electron chi connectivity index (χ2n) is 6.94. The monoisotopic (exact) mass is 453 g/mol. The van der Waals surface area contributed by atoms with E-state index in [1.54, 1.807) is 0 Å². The fourth-order valence-corrected chi connectivity index (χ4v) is 3.41. The van der Waals surface area contributed by atoms with Crippen molar-refractivity contribution >= 4 is 29.9 Å². The van der Waals surface area contributed by atoms with Crippen LogP contribution in [-0.4, -0.2) is 101 Å². The number of ether oxygens (including phenoxy) is 1. The van der Waals surface area contributed by atoms with E-state index in [2.05, 4.69) is 39.1 Å². The summed E-state index contributed by atoms with van der Waals surface area (Å²) in [5.41, 5.74) is 0. The molecule has 0 aliphatic carbocycles. The maximum absolute atomic E-state index is 5.46. The third-order valence-electron chi connectivity index (χ3n) is 4.88. The van der Waals surface area contributed by atoms with Crippen molar-refractivity contribution in [3.8, 4) is 0 Å². The Hall–Kier alpha value is -0.120. The molecule has 0 aromatic heterocycles. The highest BCUT2D eigenvalue weighted by molar-refractivity contribution is 14.0. The smallest absolute Gasteiger partial charge is 0.193 e. The van der Waals surface area contributed by atoms with Crippen LogP contribution >= 0.6 is 24.0 Å². The highest BCUT2D eigenvalue weighted by Crippen LogP contribution is 2.13. The number of halogens is 1. The number of rotatable bonds is 6. The summed E-state index contributed by atoms with van der Waals surface area (Å²) in [6, 6.07) is 0. The summed E-state index contributed by atoms with van der Waals surface area (Å²) in [6.45, 7) is 9.87. The minimum atomic E-state index is 0. The number of aliphatic imine (C=N–C) groups is 1. The maximum Gasteiger partial charge on any atom is 0.193 e. The molecular formula is C17H36IN5O. The Balaban J connectivity index is 0.00000288. The molecule has 2 saturated heterocycles. The van der Waals surface area contributed by atoms with Crippen LogP contribution in [0.4, 0.5) is 0 Å². The molecule has 0 aromatic carbocycles. The largest absolute Gasteiger partial charge is 0.381 e. The summed E-state index contributed by atoms with van der Waals surface area (Å²) in [6.07, 6.45) is 3.63. The summed E-state index contributed by atoms with van der Waals surface area (Å²) in [5, 5.41) is 3.51. The van der Waals surface area contributed by atoms with Gasteiger partial charge in [-0.1, -0.05) is 0 Å². The molecule has 0 bridgehead atoms. The number of nitrogens with zero attached hydrogens (tertiary/aromatic N) is 4. The van der Waals surface area contributed by atoms with Gasteiger partial charge in [0.05, 0.1) is 6.61 Å². The predicted octanol–water partition coefficient (Wildman–Crippen LogP) is 1.18. The molecule has 0 amide bonds. The predicted molar refractivity (Wildman–Crippen MR) is 112 cm³/mol. The molecule has 2 rings (SSSR count).